The molecule has 44 heavy (non-hydrogen) atoms. The number of amides is 2. The zero-order valence-corrected chi connectivity index (χ0v) is 28.1. The van der Waals surface area contributed by atoms with Gasteiger partial charge in [-0.1, -0.05) is 25.6 Å². The van der Waals surface area contributed by atoms with Crippen molar-refractivity contribution in [1.29, 1.82) is 0 Å². The van der Waals surface area contributed by atoms with E-state index in [1.807, 2.05) is 6.92 Å². The maximum absolute atomic E-state index is 16.0. The van der Waals surface area contributed by atoms with Crippen molar-refractivity contribution in [2.45, 2.75) is 92.2 Å². The SMILES string of the molecule is Cc1c(Cc2ccnc(N(C(=O)OC(C)(C)C)C(=O)OC(C)(C)C)c2F)cncc1Cc1ncc(C#C[Si](C)(C)C)cc1F. The van der Waals surface area contributed by atoms with Crippen LogP contribution in [-0.4, -0.2) is 46.4 Å². The minimum absolute atomic E-state index is 0.0611. The number of nitrogens with zero attached hydrogens (tertiary/aromatic N) is 4. The van der Waals surface area contributed by atoms with Crippen LogP contribution in [0.1, 0.15) is 75.1 Å². The van der Waals surface area contributed by atoms with Gasteiger partial charge in [0.05, 0.1) is 5.69 Å². The molecule has 0 fully saturated rings. The third-order valence-corrected chi connectivity index (χ3v) is 6.85. The number of imide groups is 1. The molecule has 0 aliphatic carbocycles. The molecule has 3 heterocycles. The standard InChI is InChI=1S/C33H40F2N4O4Si/c1-21-24(19-36-20-25(21)17-27-26(34)15-22(18-38-27)12-14-44(8,9)10)16-23-11-13-37-29(28(23)35)39(30(40)42-32(2,3)4)31(41)43-33(5,6)7/h11,13,15,18-20H,16-17H2,1-10H3. The van der Waals surface area contributed by atoms with E-state index in [0.29, 0.717) is 21.6 Å². The molecule has 234 valence electrons. The van der Waals surface area contributed by atoms with Crippen molar-refractivity contribution in [2.75, 3.05) is 4.90 Å². The molecule has 0 spiro atoms. The fraction of sp³-hybridized carbons (Fsp3) is 0.424. The van der Waals surface area contributed by atoms with Crippen LogP contribution in [0.2, 0.25) is 19.6 Å². The van der Waals surface area contributed by atoms with Crippen molar-refractivity contribution >= 4 is 26.1 Å². The molecule has 0 atom stereocenters. The Hall–Kier alpha value is -4.17. The molecule has 0 aliphatic heterocycles. The molecular weight excluding hydrogens is 582 g/mol. The molecule has 0 bridgehead atoms. The van der Waals surface area contributed by atoms with Crippen molar-refractivity contribution in [2.24, 2.45) is 0 Å². The predicted octanol–water partition coefficient (Wildman–Crippen LogP) is 7.55. The maximum atomic E-state index is 16.0. The Morgan fingerprint density at radius 1 is 0.886 bits per heavy atom. The molecule has 11 heteroatoms. The largest absolute Gasteiger partial charge is 0.443 e. The second-order valence-electron chi connectivity index (χ2n) is 13.5. The summed E-state index contributed by atoms with van der Waals surface area (Å²) in [4.78, 5) is 39.2. The van der Waals surface area contributed by atoms with Crippen molar-refractivity contribution in [3.05, 3.63) is 82.1 Å². The van der Waals surface area contributed by atoms with E-state index in [4.69, 9.17) is 9.47 Å². The number of aromatic nitrogens is 3. The van der Waals surface area contributed by atoms with Gasteiger partial charge in [0.15, 0.2) is 11.6 Å². The first-order valence-corrected chi connectivity index (χ1v) is 17.7. The van der Waals surface area contributed by atoms with E-state index < -0.39 is 48.9 Å². The van der Waals surface area contributed by atoms with Crippen molar-refractivity contribution in [1.82, 2.24) is 15.0 Å². The molecule has 0 aliphatic rings. The molecule has 3 aromatic heterocycles. The smallest absolute Gasteiger partial charge is 0.425 e. The highest BCUT2D eigenvalue weighted by Crippen LogP contribution is 2.27. The number of ether oxygens (including phenoxy) is 2. The third kappa shape index (κ3) is 9.67. The molecule has 0 unspecified atom stereocenters. The monoisotopic (exact) mass is 622 g/mol. The van der Waals surface area contributed by atoms with Crippen LogP contribution in [0.5, 0.6) is 0 Å². The Kier molecular flexibility index (Phi) is 10.3. The van der Waals surface area contributed by atoms with Gasteiger partial charge in [-0.15, -0.1) is 5.54 Å². The highest BCUT2D eigenvalue weighted by Gasteiger charge is 2.36. The minimum atomic E-state index is -1.62. The lowest BCUT2D eigenvalue weighted by Gasteiger charge is -2.28. The average Bonchev–Trinajstić information content (AvgIpc) is 2.86. The van der Waals surface area contributed by atoms with E-state index in [1.165, 1.54) is 18.3 Å². The number of carbonyl (C=O) groups excluding carboxylic acids is 2. The summed E-state index contributed by atoms with van der Waals surface area (Å²) < 4.78 is 41.7. The number of carbonyl (C=O) groups is 2. The van der Waals surface area contributed by atoms with Crippen molar-refractivity contribution in [3.63, 3.8) is 0 Å². The Balaban J connectivity index is 1.94. The lowest BCUT2D eigenvalue weighted by atomic mass is 9.97. The lowest BCUT2D eigenvalue weighted by Crippen LogP contribution is -2.44. The quantitative estimate of drug-likeness (QED) is 0.214. The molecule has 0 aromatic carbocycles. The van der Waals surface area contributed by atoms with Gasteiger partial charge in [-0.3, -0.25) is 9.97 Å². The molecule has 0 saturated heterocycles. The van der Waals surface area contributed by atoms with Crippen LogP contribution in [0.3, 0.4) is 0 Å². The Morgan fingerprint density at radius 3 is 1.98 bits per heavy atom. The summed E-state index contributed by atoms with van der Waals surface area (Å²) in [7, 11) is -1.62. The third-order valence-electron chi connectivity index (χ3n) is 5.98. The van der Waals surface area contributed by atoms with Crippen molar-refractivity contribution < 1.29 is 27.8 Å². The van der Waals surface area contributed by atoms with Crippen LogP contribution >= 0.6 is 0 Å². The summed E-state index contributed by atoms with van der Waals surface area (Å²) in [5, 5.41) is 0. The molecule has 0 saturated carbocycles. The Bertz CT molecular complexity index is 1590. The summed E-state index contributed by atoms with van der Waals surface area (Å²) >= 11 is 0. The van der Waals surface area contributed by atoms with E-state index in [9.17, 15) is 14.0 Å². The van der Waals surface area contributed by atoms with Crippen LogP contribution in [-0.2, 0) is 22.3 Å². The summed E-state index contributed by atoms with van der Waals surface area (Å²) in [6.45, 7) is 17.9. The fourth-order valence-corrected chi connectivity index (χ4v) is 4.43. The van der Waals surface area contributed by atoms with Crippen molar-refractivity contribution in [3.8, 4) is 11.5 Å². The van der Waals surface area contributed by atoms with Crippen LogP contribution in [0.25, 0.3) is 0 Å². The predicted molar refractivity (Wildman–Crippen MR) is 168 cm³/mol. The molecule has 0 N–H and O–H groups in total. The summed E-state index contributed by atoms with van der Waals surface area (Å²) in [5.74, 6) is 1.11. The maximum Gasteiger partial charge on any atom is 0.425 e. The van der Waals surface area contributed by atoms with Gasteiger partial charge in [0.1, 0.15) is 25.1 Å². The van der Waals surface area contributed by atoms with Crippen LogP contribution < -0.4 is 4.90 Å². The van der Waals surface area contributed by atoms with E-state index in [0.717, 1.165) is 5.56 Å². The lowest BCUT2D eigenvalue weighted by molar-refractivity contribution is 0.0427. The average molecular weight is 623 g/mol. The van der Waals surface area contributed by atoms with Gasteiger partial charge in [0.25, 0.3) is 0 Å². The highest BCUT2D eigenvalue weighted by atomic mass is 28.3. The van der Waals surface area contributed by atoms with E-state index in [-0.39, 0.29) is 24.1 Å². The number of hydrogen-bond donors (Lipinski definition) is 0. The normalized spacial score (nSPS) is 11.8. The molecule has 3 aromatic rings. The van der Waals surface area contributed by atoms with Gasteiger partial charge in [0, 0.05) is 43.2 Å². The second-order valence-corrected chi connectivity index (χ2v) is 18.2. The number of rotatable bonds is 5. The van der Waals surface area contributed by atoms with Gasteiger partial charge < -0.3 is 9.47 Å². The molecule has 8 nitrogen and oxygen atoms in total. The van der Waals surface area contributed by atoms with E-state index >= 15 is 4.39 Å². The zero-order chi connectivity index (χ0) is 33.0. The molecule has 3 rings (SSSR count). The topological polar surface area (TPSA) is 94.5 Å². The molecular formula is C33H40F2N4O4Si. The summed E-state index contributed by atoms with van der Waals surface area (Å²) in [5.41, 5.74) is 4.35. The van der Waals surface area contributed by atoms with Gasteiger partial charge in [-0.05, 0) is 82.9 Å². The van der Waals surface area contributed by atoms with Gasteiger partial charge in [-0.2, -0.15) is 4.90 Å². The Labute approximate surface area is 259 Å². The Morgan fingerprint density at radius 2 is 1.45 bits per heavy atom. The second kappa shape index (κ2) is 13.2. The van der Waals surface area contributed by atoms with Gasteiger partial charge >= 0.3 is 12.2 Å². The fourth-order valence-electron chi connectivity index (χ4n) is 3.91. The number of hydrogen-bond acceptors (Lipinski definition) is 7. The van der Waals surface area contributed by atoms with Crippen LogP contribution in [0, 0.1) is 30.0 Å². The van der Waals surface area contributed by atoms with Gasteiger partial charge in [0.2, 0.25) is 0 Å². The first-order chi connectivity index (χ1) is 20.2. The zero-order valence-electron chi connectivity index (χ0n) is 27.1. The number of anilines is 1. The molecule has 2 amide bonds. The van der Waals surface area contributed by atoms with E-state index in [2.05, 4.69) is 46.1 Å². The first-order valence-electron chi connectivity index (χ1n) is 14.2. The van der Waals surface area contributed by atoms with E-state index in [1.54, 1.807) is 60.1 Å². The van der Waals surface area contributed by atoms with Crippen LogP contribution in [0.4, 0.5) is 24.2 Å². The van der Waals surface area contributed by atoms with Crippen LogP contribution in [0.15, 0.2) is 36.9 Å². The number of pyridine rings is 3. The molecule has 0 radical (unpaired) electrons. The van der Waals surface area contributed by atoms with Gasteiger partial charge in [-0.25, -0.2) is 23.4 Å². The first kappa shape index (κ1) is 34.3. The summed E-state index contributed by atoms with van der Waals surface area (Å²) in [6, 6.07) is 2.84. The highest BCUT2D eigenvalue weighted by molar-refractivity contribution is 6.83. The summed E-state index contributed by atoms with van der Waals surface area (Å²) in [6.07, 6.45) is 4.07. The number of halogens is 2. The minimum Gasteiger partial charge on any atom is -0.443 e.